The zero-order valence-corrected chi connectivity index (χ0v) is 15.1. The predicted octanol–water partition coefficient (Wildman–Crippen LogP) is 3.96. The van der Waals surface area contributed by atoms with Gasteiger partial charge in [0.15, 0.2) is 0 Å². The summed E-state index contributed by atoms with van der Waals surface area (Å²) in [7, 11) is 0. The van der Waals surface area contributed by atoms with Crippen molar-refractivity contribution < 1.29 is 9.59 Å². The Labute approximate surface area is 158 Å². The van der Waals surface area contributed by atoms with Gasteiger partial charge in [-0.05, 0) is 54.3 Å². The van der Waals surface area contributed by atoms with Gasteiger partial charge in [0.2, 0.25) is 5.91 Å². The van der Waals surface area contributed by atoms with Crippen LogP contribution in [0.15, 0.2) is 66.7 Å². The van der Waals surface area contributed by atoms with E-state index in [4.69, 9.17) is 5.73 Å². The van der Waals surface area contributed by atoms with Crippen molar-refractivity contribution in [1.82, 2.24) is 0 Å². The molecule has 2 N–H and O–H groups in total. The number of nitrogens with two attached hydrogens (primary N) is 1. The normalized spacial score (nSPS) is 12.7. The van der Waals surface area contributed by atoms with Gasteiger partial charge in [0.25, 0.3) is 5.91 Å². The Hall–Kier alpha value is -3.40. The van der Waals surface area contributed by atoms with E-state index < -0.39 is 5.91 Å². The average Bonchev–Trinajstić information content (AvgIpc) is 2.84. The van der Waals surface area contributed by atoms with Crippen molar-refractivity contribution >= 4 is 17.5 Å². The monoisotopic (exact) mass is 356 g/mol. The van der Waals surface area contributed by atoms with Crippen molar-refractivity contribution in [3.05, 3.63) is 89.0 Å². The van der Waals surface area contributed by atoms with E-state index in [9.17, 15) is 9.59 Å². The molecule has 4 nitrogen and oxygen atoms in total. The first-order valence-electron chi connectivity index (χ1n) is 8.96. The first kappa shape index (κ1) is 17.0. The molecule has 0 aliphatic carbocycles. The lowest BCUT2D eigenvalue weighted by Gasteiger charge is -2.23. The molecule has 0 saturated carbocycles. The molecule has 2 amide bonds. The van der Waals surface area contributed by atoms with Gasteiger partial charge in [0.1, 0.15) is 0 Å². The van der Waals surface area contributed by atoms with Crippen LogP contribution in [0.4, 0.5) is 5.69 Å². The molecule has 4 heteroatoms. The summed E-state index contributed by atoms with van der Waals surface area (Å²) in [5.41, 5.74) is 11.5. The van der Waals surface area contributed by atoms with Crippen LogP contribution < -0.4 is 10.6 Å². The molecular weight excluding hydrogens is 336 g/mol. The van der Waals surface area contributed by atoms with E-state index >= 15 is 0 Å². The number of hydrogen-bond donors (Lipinski definition) is 1. The van der Waals surface area contributed by atoms with Gasteiger partial charge in [-0.3, -0.25) is 9.59 Å². The minimum absolute atomic E-state index is 0.0747. The number of para-hydroxylation sites is 1. The van der Waals surface area contributed by atoms with Gasteiger partial charge in [-0.15, -0.1) is 0 Å². The first-order valence-corrected chi connectivity index (χ1v) is 8.96. The number of nitrogens with zero attached hydrogens (tertiary/aromatic N) is 1. The third-order valence-electron chi connectivity index (χ3n) is 5.09. The van der Waals surface area contributed by atoms with E-state index in [1.54, 1.807) is 25.1 Å². The van der Waals surface area contributed by atoms with Crippen molar-refractivity contribution in [2.24, 2.45) is 5.73 Å². The highest BCUT2D eigenvalue weighted by Crippen LogP contribution is 2.36. The zero-order valence-electron chi connectivity index (χ0n) is 15.1. The molecule has 0 atom stereocenters. The number of hydrogen-bond acceptors (Lipinski definition) is 2. The number of anilines is 1. The van der Waals surface area contributed by atoms with Crippen LogP contribution in [-0.4, -0.2) is 18.4 Å². The highest BCUT2D eigenvalue weighted by Gasteiger charge is 2.25. The molecule has 0 fully saturated rings. The summed E-state index contributed by atoms with van der Waals surface area (Å²) >= 11 is 0. The number of carbonyl (C=O) groups is 2. The second-order valence-electron chi connectivity index (χ2n) is 6.78. The molecule has 3 aromatic carbocycles. The number of primary amides is 1. The van der Waals surface area contributed by atoms with Gasteiger partial charge in [0, 0.05) is 23.2 Å². The van der Waals surface area contributed by atoms with Gasteiger partial charge in [-0.1, -0.05) is 42.5 Å². The summed E-state index contributed by atoms with van der Waals surface area (Å²) in [5, 5.41) is 0. The number of rotatable bonds is 2. The maximum atomic E-state index is 13.3. The van der Waals surface area contributed by atoms with Crippen LogP contribution in [0, 0.1) is 6.92 Å². The standard InChI is InChI=1S/C23H20N2O2/c1-15-14-17(10-11-18(15)22(24)26)23(27)25-13-12-16-6-2-3-7-19(16)20-8-4-5-9-21(20)25/h2-11,14H,12-13H2,1H3,(H2,24,26). The van der Waals surface area contributed by atoms with E-state index in [2.05, 4.69) is 18.2 Å². The van der Waals surface area contributed by atoms with Crippen LogP contribution in [0.25, 0.3) is 11.1 Å². The lowest BCUT2D eigenvalue weighted by molar-refractivity contribution is 0.0980. The smallest absolute Gasteiger partial charge is 0.258 e. The first-order chi connectivity index (χ1) is 13.1. The molecule has 0 unspecified atom stereocenters. The molecule has 1 aliphatic rings. The van der Waals surface area contributed by atoms with Crippen LogP contribution in [-0.2, 0) is 6.42 Å². The topological polar surface area (TPSA) is 63.4 Å². The Bertz CT molecular complexity index is 1060. The Morgan fingerprint density at radius 1 is 0.926 bits per heavy atom. The third-order valence-corrected chi connectivity index (χ3v) is 5.09. The molecule has 27 heavy (non-hydrogen) atoms. The fourth-order valence-corrected chi connectivity index (χ4v) is 3.73. The van der Waals surface area contributed by atoms with Crippen molar-refractivity contribution in [2.45, 2.75) is 13.3 Å². The van der Waals surface area contributed by atoms with Crippen molar-refractivity contribution in [3.8, 4) is 11.1 Å². The third kappa shape index (κ3) is 2.99. The Morgan fingerprint density at radius 3 is 2.37 bits per heavy atom. The van der Waals surface area contributed by atoms with Crippen LogP contribution in [0.2, 0.25) is 0 Å². The lowest BCUT2D eigenvalue weighted by atomic mass is 9.98. The Balaban J connectivity index is 1.78. The maximum Gasteiger partial charge on any atom is 0.258 e. The minimum atomic E-state index is -0.484. The summed E-state index contributed by atoms with van der Waals surface area (Å²) in [4.78, 5) is 26.6. The van der Waals surface area contributed by atoms with Crippen molar-refractivity contribution in [1.29, 1.82) is 0 Å². The van der Waals surface area contributed by atoms with E-state index in [1.165, 1.54) is 11.1 Å². The van der Waals surface area contributed by atoms with Gasteiger partial charge in [0.05, 0.1) is 5.69 Å². The zero-order chi connectivity index (χ0) is 19.0. The molecule has 0 aromatic heterocycles. The average molecular weight is 356 g/mol. The van der Waals surface area contributed by atoms with Gasteiger partial charge in [-0.2, -0.15) is 0 Å². The molecule has 1 aliphatic heterocycles. The molecule has 0 radical (unpaired) electrons. The fourth-order valence-electron chi connectivity index (χ4n) is 3.73. The van der Waals surface area contributed by atoms with E-state index in [0.29, 0.717) is 23.2 Å². The van der Waals surface area contributed by atoms with Crippen LogP contribution in [0.3, 0.4) is 0 Å². The summed E-state index contributed by atoms with van der Waals surface area (Å²) < 4.78 is 0. The number of carbonyl (C=O) groups excluding carboxylic acids is 2. The molecule has 1 heterocycles. The van der Waals surface area contributed by atoms with Crippen molar-refractivity contribution in [3.63, 3.8) is 0 Å². The van der Waals surface area contributed by atoms with E-state index in [0.717, 1.165) is 17.7 Å². The van der Waals surface area contributed by atoms with Crippen LogP contribution >= 0.6 is 0 Å². The van der Waals surface area contributed by atoms with Crippen molar-refractivity contribution in [2.75, 3.05) is 11.4 Å². The van der Waals surface area contributed by atoms with E-state index in [-0.39, 0.29) is 5.91 Å². The second-order valence-corrected chi connectivity index (χ2v) is 6.78. The molecule has 134 valence electrons. The Morgan fingerprint density at radius 2 is 1.63 bits per heavy atom. The van der Waals surface area contributed by atoms with Gasteiger partial charge in [-0.25, -0.2) is 0 Å². The summed E-state index contributed by atoms with van der Waals surface area (Å²) in [6, 6.07) is 21.3. The highest BCUT2D eigenvalue weighted by atomic mass is 16.2. The molecule has 0 spiro atoms. The maximum absolute atomic E-state index is 13.3. The van der Waals surface area contributed by atoms with Crippen LogP contribution in [0.1, 0.15) is 31.8 Å². The Kier molecular flexibility index (Phi) is 4.24. The summed E-state index contributed by atoms with van der Waals surface area (Å²) in [6.07, 6.45) is 0.787. The highest BCUT2D eigenvalue weighted by molar-refractivity contribution is 6.09. The summed E-state index contributed by atoms with van der Waals surface area (Å²) in [5.74, 6) is -0.559. The summed E-state index contributed by atoms with van der Waals surface area (Å²) in [6.45, 7) is 2.40. The number of benzene rings is 3. The quantitative estimate of drug-likeness (QED) is 0.755. The molecule has 0 bridgehead atoms. The second kappa shape index (κ2) is 6.72. The largest absolute Gasteiger partial charge is 0.366 e. The van der Waals surface area contributed by atoms with Gasteiger partial charge < -0.3 is 10.6 Å². The van der Waals surface area contributed by atoms with Crippen LogP contribution in [0.5, 0.6) is 0 Å². The van der Waals surface area contributed by atoms with E-state index in [1.807, 2.05) is 35.2 Å². The molecule has 0 saturated heterocycles. The number of amides is 2. The number of fused-ring (bicyclic) bond motifs is 3. The molecular formula is C23H20N2O2. The SMILES string of the molecule is Cc1cc(C(=O)N2CCc3ccccc3-c3ccccc32)ccc1C(N)=O. The lowest BCUT2D eigenvalue weighted by Crippen LogP contribution is -2.32. The minimum Gasteiger partial charge on any atom is -0.366 e. The fraction of sp³-hybridized carbons (Fsp3) is 0.130. The number of aryl methyl sites for hydroxylation is 1. The molecule has 4 rings (SSSR count). The molecule has 3 aromatic rings. The van der Waals surface area contributed by atoms with Gasteiger partial charge >= 0.3 is 0 Å². The predicted molar refractivity (Wildman–Crippen MR) is 107 cm³/mol.